The largest absolute Gasteiger partial charge is 0.350 e. The van der Waals surface area contributed by atoms with Gasteiger partial charge in [0.05, 0.1) is 0 Å². The van der Waals surface area contributed by atoms with Crippen LogP contribution in [0.1, 0.15) is 30.0 Å². The average molecular weight is 372 g/mol. The number of nitrogens with one attached hydrogen (secondary N) is 1. The summed E-state index contributed by atoms with van der Waals surface area (Å²) in [6.45, 7) is 0.359. The van der Waals surface area contributed by atoms with Crippen LogP contribution < -0.4 is 5.32 Å². The first-order valence-corrected chi connectivity index (χ1v) is 9.75. The van der Waals surface area contributed by atoms with Gasteiger partial charge in [0, 0.05) is 23.0 Å². The lowest BCUT2D eigenvalue weighted by molar-refractivity contribution is -0.134. The van der Waals surface area contributed by atoms with Crippen molar-refractivity contribution in [3.8, 4) is 0 Å². The quantitative estimate of drug-likeness (QED) is 0.570. The van der Waals surface area contributed by atoms with Crippen molar-refractivity contribution in [1.29, 1.82) is 0 Å². The number of carbonyl (C=O) groups excluding carboxylic acids is 2. The van der Waals surface area contributed by atoms with Gasteiger partial charge in [0.1, 0.15) is 11.9 Å². The lowest BCUT2D eigenvalue weighted by atomic mass is 10.0. The molecule has 1 aliphatic carbocycles. The van der Waals surface area contributed by atoms with E-state index in [1.807, 2.05) is 30.3 Å². The van der Waals surface area contributed by atoms with Crippen LogP contribution in [0.5, 0.6) is 0 Å². The number of halogens is 1. The monoisotopic (exact) mass is 372 g/mol. The smallest absolute Gasteiger partial charge is 0.247 e. The number of carbonyl (C=O) groups is 2. The number of hydrogen-bond donors (Lipinski definition) is 1. The first kappa shape index (κ1) is 18.5. The minimum absolute atomic E-state index is 0.0398. The van der Waals surface area contributed by atoms with Crippen LogP contribution in [0.25, 0.3) is 0 Å². The minimum atomic E-state index is -0.832. The Morgan fingerprint density at radius 2 is 2.00 bits per heavy atom. The fraction of sp³-hybridized carbons (Fsp3) is 0.300. The van der Waals surface area contributed by atoms with Crippen molar-refractivity contribution >= 4 is 24.1 Å². The predicted molar refractivity (Wildman–Crippen MR) is 100 cm³/mol. The Kier molecular flexibility index (Phi) is 5.93. The number of thioether (sulfide) groups is 1. The summed E-state index contributed by atoms with van der Waals surface area (Å²) in [4.78, 5) is 26.6. The molecule has 136 valence electrons. The minimum Gasteiger partial charge on any atom is -0.350 e. The van der Waals surface area contributed by atoms with Gasteiger partial charge in [-0.3, -0.25) is 9.59 Å². The van der Waals surface area contributed by atoms with Crippen molar-refractivity contribution in [1.82, 2.24) is 10.2 Å². The van der Waals surface area contributed by atoms with Gasteiger partial charge in [0.25, 0.3) is 0 Å². The highest BCUT2D eigenvalue weighted by atomic mass is 32.2. The zero-order valence-electron chi connectivity index (χ0n) is 14.5. The normalized spacial score (nSPS) is 14.5. The van der Waals surface area contributed by atoms with Crippen molar-refractivity contribution in [2.24, 2.45) is 0 Å². The standard InChI is InChI=1S/C20H21FN2O2S/c1-26-19-16(8-5-9-17(19)21)18(23(13-24)15-10-11-15)20(25)22-12-14-6-3-2-4-7-14/h2-9,13,15,18H,10-12H2,1H3,(H,22,25). The van der Waals surface area contributed by atoms with Crippen LogP contribution in [-0.4, -0.2) is 29.5 Å². The molecule has 1 aliphatic rings. The summed E-state index contributed by atoms with van der Waals surface area (Å²) in [5, 5.41) is 2.89. The first-order chi connectivity index (χ1) is 12.7. The summed E-state index contributed by atoms with van der Waals surface area (Å²) >= 11 is 1.24. The molecule has 0 bridgehead atoms. The molecule has 1 N–H and O–H groups in total. The molecule has 0 saturated heterocycles. The number of hydrogen-bond acceptors (Lipinski definition) is 3. The highest BCUT2D eigenvalue weighted by molar-refractivity contribution is 7.98. The van der Waals surface area contributed by atoms with Crippen molar-refractivity contribution in [2.75, 3.05) is 6.26 Å². The van der Waals surface area contributed by atoms with Crippen molar-refractivity contribution in [3.05, 3.63) is 65.5 Å². The molecular weight excluding hydrogens is 351 g/mol. The molecule has 1 unspecified atom stereocenters. The molecule has 0 aliphatic heterocycles. The van der Waals surface area contributed by atoms with E-state index in [0.29, 0.717) is 23.4 Å². The maximum absolute atomic E-state index is 14.2. The molecule has 0 spiro atoms. The Labute approximate surface area is 156 Å². The fourth-order valence-corrected chi connectivity index (χ4v) is 3.68. The second-order valence-corrected chi connectivity index (χ2v) is 7.07. The zero-order chi connectivity index (χ0) is 18.5. The van der Waals surface area contributed by atoms with E-state index >= 15 is 0 Å². The topological polar surface area (TPSA) is 49.4 Å². The molecule has 0 aromatic heterocycles. The zero-order valence-corrected chi connectivity index (χ0v) is 15.3. The van der Waals surface area contributed by atoms with Gasteiger partial charge in [-0.15, -0.1) is 11.8 Å². The van der Waals surface area contributed by atoms with E-state index in [2.05, 4.69) is 5.32 Å². The molecule has 2 amide bonds. The average Bonchev–Trinajstić information content (AvgIpc) is 3.50. The van der Waals surface area contributed by atoms with Gasteiger partial charge in [0.2, 0.25) is 12.3 Å². The number of rotatable bonds is 8. The summed E-state index contributed by atoms with van der Waals surface area (Å²) in [6, 6.07) is 13.4. The van der Waals surface area contributed by atoms with Gasteiger partial charge in [-0.25, -0.2) is 4.39 Å². The highest BCUT2D eigenvalue weighted by Crippen LogP contribution is 2.37. The third kappa shape index (κ3) is 4.07. The van der Waals surface area contributed by atoms with Gasteiger partial charge in [0.15, 0.2) is 0 Å². The van der Waals surface area contributed by atoms with Crippen LogP contribution in [0, 0.1) is 5.82 Å². The van der Waals surface area contributed by atoms with Crippen LogP contribution in [0.4, 0.5) is 4.39 Å². The molecule has 0 heterocycles. The molecule has 4 nitrogen and oxygen atoms in total. The second kappa shape index (κ2) is 8.36. The highest BCUT2D eigenvalue weighted by Gasteiger charge is 2.38. The van der Waals surface area contributed by atoms with Gasteiger partial charge in [-0.05, 0) is 30.7 Å². The maximum atomic E-state index is 14.2. The summed E-state index contributed by atoms with van der Waals surface area (Å²) in [5.74, 6) is -0.675. The van der Waals surface area contributed by atoms with Gasteiger partial charge in [-0.2, -0.15) is 0 Å². The predicted octanol–water partition coefficient (Wildman–Crippen LogP) is 3.53. The van der Waals surface area contributed by atoms with E-state index in [1.165, 1.54) is 22.7 Å². The molecule has 1 fully saturated rings. The van der Waals surface area contributed by atoms with Gasteiger partial charge in [-0.1, -0.05) is 42.5 Å². The molecule has 1 saturated carbocycles. The van der Waals surface area contributed by atoms with E-state index in [1.54, 1.807) is 18.4 Å². The second-order valence-electron chi connectivity index (χ2n) is 6.25. The number of amides is 2. The van der Waals surface area contributed by atoms with E-state index in [9.17, 15) is 14.0 Å². The molecular formula is C20H21FN2O2S. The molecule has 2 aromatic carbocycles. The Bertz CT molecular complexity index is 781. The molecule has 0 radical (unpaired) electrons. The third-order valence-electron chi connectivity index (χ3n) is 4.44. The summed E-state index contributed by atoms with van der Waals surface area (Å²) in [5.41, 5.74) is 1.50. The number of benzene rings is 2. The van der Waals surface area contributed by atoms with Crippen LogP contribution in [-0.2, 0) is 16.1 Å². The Hall–Kier alpha value is -2.34. The van der Waals surface area contributed by atoms with Crippen LogP contribution in [0.2, 0.25) is 0 Å². The Balaban J connectivity index is 1.89. The molecule has 3 rings (SSSR count). The van der Waals surface area contributed by atoms with Crippen molar-refractivity contribution < 1.29 is 14.0 Å². The van der Waals surface area contributed by atoms with E-state index in [0.717, 1.165) is 18.4 Å². The summed E-state index contributed by atoms with van der Waals surface area (Å²) in [6.07, 6.45) is 4.21. The van der Waals surface area contributed by atoms with E-state index in [-0.39, 0.29) is 17.8 Å². The number of nitrogens with zero attached hydrogens (tertiary/aromatic N) is 1. The van der Waals surface area contributed by atoms with Gasteiger partial charge >= 0.3 is 0 Å². The first-order valence-electron chi connectivity index (χ1n) is 8.52. The van der Waals surface area contributed by atoms with Crippen LogP contribution in [0.3, 0.4) is 0 Å². The maximum Gasteiger partial charge on any atom is 0.247 e. The summed E-state index contributed by atoms with van der Waals surface area (Å²) in [7, 11) is 0. The van der Waals surface area contributed by atoms with Crippen LogP contribution >= 0.6 is 11.8 Å². The lowest BCUT2D eigenvalue weighted by Crippen LogP contribution is -2.41. The van der Waals surface area contributed by atoms with E-state index < -0.39 is 6.04 Å². The van der Waals surface area contributed by atoms with E-state index in [4.69, 9.17) is 0 Å². The summed E-state index contributed by atoms with van der Waals surface area (Å²) < 4.78 is 14.2. The lowest BCUT2D eigenvalue weighted by Gasteiger charge is -2.29. The third-order valence-corrected chi connectivity index (χ3v) is 5.28. The molecule has 6 heteroatoms. The SMILES string of the molecule is CSc1c(F)cccc1C(C(=O)NCc1ccccc1)N(C=O)C1CC1. The molecule has 26 heavy (non-hydrogen) atoms. The van der Waals surface area contributed by atoms with Crippen molar-refractivity contribution in [2.45, 2.75) is 36.4 Å². The van der Waals surface area contributed by atoms with Crippen LogP contribution in [0.15, 0.2) is 53.4 Å². The fourth-order valence-electron chi connectivity index (χ4n) is 3.01. The Morgan fingerprint density at radius 1 is 1.27 bits per heavy atom. The van der Waals surface area contributed by atoms with Crippen molar-refractivity contribution in [3.63, 3.8) is 0 Å². The van der Waals surface area contributed by atoms with Gasteiger partial charge < -0.3 is 10.2 Å². The molecule has 2 aromatic rings. The Morgan fingerprint density at radius 3 is 2.62 bits per heavy atom. The molecule has 1 atom stereocenters.